The monoisotopic (exact) mass is 326 g/mol. The lowest BCUT2D eigenvalue weighted by Gasteiger charge is -2.34. The van der Waals surface area contributed by atoms with Gasteiger partial charge in [-0.25, -0.2) is 13.1 Å². The summed E-state index contributed by atoms with van der Waals surface area (Å²) in [5.74, 6) is 0.0451. The van der Waals surface area contributed by atoms with E-state index in [1.54, 1.807) is 0 Å². The van der Waals surface area contributed by atoms with Crippen molar-refractivity contribution in [3.05, 3.63) is 30.3 Å². The van der Waals surface area contributed by atoms with Crippen molar-refractivity contribution in [3.8, 4) is 0 Å². The molecule has 2 aliphatic rings. The van der Waals surface area contributed by atoms with Crippen molar-refractivity contribution in [1.29, 1.82) is 0 Å². The maximum absolute atomic E-state index is 12.5. The second-order valence-electron chi connectivity index (χ2n) is 6.43. The van der Waals surface area contributed by atoms with Crippen LogP contribution in [0, 0.1) is 11.8 Å². The van der Waals surface area contributed by atoms with E-state index in [0.29, 0.717) is 13.0 Å². The number of rotatable bonds is 6. The Kier molecular flexibility index (Phi) is 4.68. The lowest BCUT2D eigenvalue weighted by atomic mass is 10.1. The van der Waals surface area contributed by atoms with Gasteiger partial charge in [0.25, 0.3) is 0 Å². The largest absolute Gasteiger partial charge is 0.370 e. The number of hydrogen-bond donors (Lipinski definition) is 1. The quantitative estimate of drug-likeness (QED) is 0.872. The summed E-state index contributed by atoms with van der Waals surface area (Å²) in [6.45, 7) is 1.25. The van der Waals surface area contributed by atoms with Gasteiger partial charge in [0, 0.05) is 24.8 Å². The molecule has 1 heterocycles. The Labute approximate surface area is 131 Å². The van der Waals surface area contributed by atoms with Gasteiger partial charge in [-0.1, -0.05) is 18.2 Å². The zero-order valence-electron chi connectivity index (χ0n) is 12.6. The van der Waals surface area contributed by atoms with Crippen molar-refractivity contribution in [2.24, 2.45) is 11.8 Å². The standard InChI is InChI=1S/C16H23FN2O2S/c17-10-13-9-14(13)12-22(20,21)18-15-5-4-8-19(11-15)16-6-2-1-3-7-16/h1-3,6-7,13-15,18H,4-5,8-12H2/t13-,14-,15?/m0/s1. The molecule has 0 bridgehead atoms. The van der Waals surface area contributed by atoms with Crippen LogP contribution in [0.1, 0.15) is 19.3 Å². The Hall–Kier alpha value is -1.14. The van der Waals surface area contributed by atoms with Crippen molar-refractivity contribution >= 4 is 15.7 Å². The number of sulfonamides is 1. The first-order valence-corrected chi connectivity index (χ1v) is 9.58. The van der Waals surface area contributed by atoms with Crippen LogP contribution < -0.4 is 9.62 Å². The van der Waals surface area contributed by atoms with E-state index < -0.39 is 16.7 Å². The first-order valence-electron chi connectivity index (χ1n) is 7.93. The first kappa shape index (κ1) is 15.7. The van der Waals surface area contributed by atoms with Gasteiger partial charge in [0.05, 0.1) is 12.4 Å². The Bertz CT molecular complexity index is 593. The van der Waals surface area contributed by atoms with Gasteiger partial charge in [-0.15, -0.1) is 0 Å². The molecule has 0 spiro atoms. The molecule has 0 amide bonds. The maximum atomic E-state index is 12.5. The fourth-order valence-corrected chi connectivity index (χ4v) is 5.00. The smallest absolute Gasteiger partial charge is 0.212 e. The summed E-state index contributed by atoms with van der Waals surface area (Å²) in [4.78, 5) is 2.22. The molecule has 3 rings (SSSR count). The SMILES string of the molecule is O=S(=O)(C[C@@H]1C[C@H]1CF)NC1CCCN(c2ccccc2)C1. The van der Waals surface area contributed by atoms with Crippen LogP contribution >= 0.6 is 0 Å². The summed E-state index contributed by atoms with van der Waals surface area (Å²) in [5.41, 5.74) is 1.13. The third-order valence-corrected chi connectivity index (χ3v) is 6.15. The Morgan fingerprint density at radius 2 is 2.00 bits per heavy atom. The van der Waals surface area contributed by atoms with Crippen LogP contribution in [0.3, 0.4) is 0 Å². The van der Waals surface area contributed by atoms with Crippen LogP contribution in [-0.4, -0.2) is 40.0 Å². The summed E-state index contributed by atoms with van der Waals surface area (Å²) in [6.07, 6.45) is 2.54. The van der Waals surface area contributed by atoms with E-state index in [0.717, 1.165) is 25.1 Å². The number of nitrogens with zero attached hydrogens (tertiary/aromatic N) is 1. The number of benzene rings is 1. The molecule has 1 N–H and O–H groups in total. The molecule has 1 aliphatic heterocycles. The number of hydrogen-bond acceptors (Lipinski definition) is 3. The van der Waals surface area contributed by atoms with Crippen molar-refractivity contribution in [1.82, 2.24) is 4.72 Å². The van der Waals surface area contributed by atoms with E-state index in [2.05, 4.69) is 9.62 Å². The Balaban J connectivity index is 1.56. The minimum atomic E-state index is -3.31. The molecule has 122 valence electrons. The molecular formula is C16H23FN2O2S. The molecule has 3 atom stereocenters. The predicted molar refractivity (Wildman–Crippen MR) is 86.2 cm³/mol. The zero-order chi connectivity index (χ0) is 15.6. The molecule has 4 nitrogen and oxygen atoms in total. The van der Waals surface area contributed by atoms with Crippen LogP contribution in [0.5, 0.6) is 0 Å². The van der Waals surface area contributed by atoms with Crippen molar-refractivity contribution in [3.63, 3.8) is 0 Å². The first-order chi connectivity index (χ1) is 10.6. The summed E-state index contributed by atoms with van der Waals surface area (Å²) >= 11 is 0. The zero-order valence-corrected chi connectivity index (χ0v) is 13.4. The molecule has 1 aliphatic carbocycles. The van der Waals surface area contributed by atoms with Crippen LogP contribution in [0.25, 0.3) is 0 Å². The molecule has 2 fully saturated rings. The second kappa shape index (κ2) is 6.54. The number of alkyl halides is 1. The van der Waals surface area contributed by atoms with Gasteiger partial charge in [0.2, 0.25) is 10.0 Å². The van der Waals surface area contributed by atoms with E-state index in [-0.39, 0.29) is 23.6 Å². The summed E-state index contributed by atoms with van der Waals surface area (Å²) in [5, 5.41) is 0. The molecule has 6 heteroatoms. The molecule has 1 saturated carbocycles. The average Bonchev–Trinajstić information content (AvgIpc) is 3.25. The number of nitrogens with one attached hydrogen (secondary N) is 1. The summed E-state index contributed by atoms with van der Waals surface area (Å²) in [6, 6.07) is 10.0. The highest BCUT2D eigenvalue weighted by Gasteiger charge is 2.40. The highest BCUT2D eigenvalue weighted by molar-refractivity contribution is 7.89. The lowest BCUT2D eigenvalue weighted by Crippen LogP contribution is -2.48. The van der Waals surface area contributed by atoms with Gasteiger partial charge in [-0.2, -0.15) is 0 Å². The highest BCUT2D eigenvalue weighted by atomic mass is 32.2. The minimum Gasteiger partial charge on any atom is -0.370 e. The molecule has 1 saturated heterocycles. The maximum Gasteiger partial charge on any atom is 0.212 e. The molecule has 1 aromatic rings. The van der Waals surface area contributed by atoms with Gasteiger partial charge in [0.1, 0.15) is 0 Å². The third-order valence-electron chi connectivity index (χ3n) is 4.59. The van der Waals surface area contributed by atoms with Gasteiger partial charge < -0.3 is 4.90 Å². The van der Waals surface area contributed by atoms with Gasteiger partial charge in [0.15, 0.2) is 0 Å². The second-order valence-corrected chi connectivity index (χ2v) is 8.23. The molecule has 0 aromatic heterocycles. The van der Waals surface area contributed by atoms with Gasteiger partial charge >= 0.3 is 0 Å². The van der Waals surface area contributed by atoms with E-state index in [9.17, 15) is 12.8 Å². The molecule has 1 unspecified atom stereocenters. The van der Waals surface area contributed by atoms with E-state index in [4.69, 9.17) is 0 Å². The van der Waals surface area contributed by atoms with Crippen molar-refractivity contribution in [2.45, 2.75) is 25.3 Å². The predicted octanol–water partition coefficient (Wildman–Crippen LogP) is 2.18. The van der Waals surface area contributed by atoms with Gasteiger partial charge in [-0.05, 0) is 43.2 Å². The normalized spacial score (nSPS) is 28.6. The fourth-order valence-electron chi connectivity index (χ4n) is 3.23. The fraction of sp³-hybridized carbons (Fsp3) is 0.625. The minimum absolute atomic E-state index is 0.0105. The van der Waals surface area contributed by atoms with Crippen LogP contribution in [0.2, 0.25) is 0 Å². The average molecular weight is 326 g/mol. The highest BCUT2D eigenvalue weighted by Crippen LogP contribution is 2.39. The van der Waals surface area contributed by atoms with Crippen LogP contribution in [0.15, 0.2) is 30.3 Å². The van der Waals surface area contributed by atoms with E-state index in [1.807, 2.05) is 30.3 Å². The Morgan fingerprint density at radius 3 is 2.68 bits per heavy atom. The van der Waals surface area contributed by atoms with E-state index >= 15 is 0 Å². The molecule has 22 heavy (non-hydrogen) atoms. The number of para-hydroxylation sites is 1. The number of halogens is 1. The third kappa shape index (κ3) is 3.98. The molecule has 0 radical (unpaired) electrons. The molecular weight excluding hydrogens is 303 g/mol. The number of piperidine rings is 1. The van der Waals surface area contributed by atoms with Crippen LogP contribution in [-0.2, 0) is 10.0 Å². The van der Waals surface area contributed by atoms with Gasteiger partial charge in [-0.3, -0.25) is 4.39 Å². The lowest BCUT2D eigenvalue weighted by molar-refractivity contribution is 0.441. The van der Waals surface area contributed by atoms with Crippen LogP contribution in [0.4, 0.5) is 10.1 Å². The topological polar surface area (TPSA) is 49.4 Å². The number of anilines is 1. The summed E-state index contributed by atoms with van der Waals surface area (Å²) < 4.78 is 39.7. The molecule has 1 aromatic carbocycles. The van der Waals surface area contributed by atoms with Crippen molar-refractivity contribution < 1.29 is 12.8 Å². The van der Waals surface area contributed by atoms with Crippen molar-refractivity contribution in [2.75, 3.05) is 30.4 Å². The summed E-state index contributed by atoms with van der Waals surface area (Å²) in [7, 11) is -3.31. The van der Waals surface area contributed by atoms with E-state index in [1.165, 1.54) is 0 Å². The Morgan fingerprint density at radius 1 is 1.23 bits per heavy atom.